The van der Waals surface area contributed by atoms with Gasteiger partial charge >= 0.3 is 5.97 Å². The van der Waals surface area contributed by atoms with Gasteiger partial charge in [-0.2, -0.15) is 0 Å². The summed E-state index contributed by atoms with van der Waals surface area (Å²) >= 11 is 2.40. The predicted octanol–water partition coefficient (Wildman–Crippen LogP) is 3.57. The summed E-state index contributed by atoms with van der Waals surface area (Å²) < 4.78 is 6.06. The molecule has 0 saturated heterocycles. The van der Waals surface area contributed by atoms with Crippen molar-refractivity contribution in [1.29, 1.82) is 0 Å². The van der Waals surface area contributed by atoms with Crippen LogP contribution in [0, 0.1) is 5.41 Å². The standard InChI is InChI=1S/C11H21IO2/c1-4-14-10(13)6-5-7-11(2,3)8-9-12/h4-9H2,1-3H3. The first-order chi connectivity index (χ1) is 6.52. The molecule has 0 aliphatic rings. The molecule has 0 amide bonds. The zero-order valence-corrected chi connectivity index (χ0v) is 11.6. The van der Waals surface area contributed by atoms with Crippen molar-refractivity contribution in [3.63, 3.8) is 0 Å². The highest BCUT2D eigenvalue weighted by molar-refractivity contribution is 14.1. The van der Waals surface area contributed by atoms with E-state index in [1.165, 1.54) is 10.8 Å². The van der Waals surface area contributed by atoms with E-state index >= 15 is 0 Å². The van der Waals surface area contributed by atoms with Crippen LogP contribution in [0.15, 0.2) is 0 Å². The van der Waals surface area contributed by atoms with Crippen molar-refractivity contribution >= 4 is 28.6 Å². The first-order valence-electron chi connectivity index (χ1n) is 5.23. The first kappa shape index (κ1) is 14.2. The van der Waals surface area contributed by atoms with Gasteiger partial charge in [-0.05, 0) is 31.6 Å². The zero-order valence-electron chi connectivity index (χ0n) is 9.44. The second-order valence-corrected chi connectivity index (χ2v) is 5.34. The molecular formula is C11H21IO2. The normalized spacial score (nSPS) is 11.4. The molecular weight excluding hydrogens is 291 g/mol. The molecule has 0 unspecified atom stereocenters. The molecule has 0 heterocycles. The summed E-state index contributed by atoms with van der Waals surface area (Å²) in [5.74, 6) is -0.0576. The number of halogens is 1. The van der Waals surface area contributed by atoms with Gasteiger partial charge in [-0.1, -0.05) is 36.4 Å². The van der Waals surface area contributed by atoms with Gasteiger partial charge < -0.3 is 4.74 Å². The molecule has 0 aromatic rings. The van der Waals surface area contributed by atoms with Crippen LogP contribution < -0.4 is 0 Å². The Kier molecular flexibility index (Phi) is 7.59. The summed E-state index contributed by atoms with van der Waals surface area (Å²) in [5, 5.41) is 0. The van der Waals surface area contributed by atoms with E-state index in [2.05, 4.69) is 36.4 Å². The fourth-order valence-corrected chi connectivity index (χ4v) is 2.79. The van der Waals surface area contributed by atoms with Crippen LogP contribution in [0.25, 0.3) is 0 Å². The molecule has 0 aliphatic heterocycles. The zero-order chi connectivity index (χ0) is 11.0. The average molecular weight is 312 g/mol. The van der Waals surface area contributed by atoms with Gasteiger partial charge in [0, 0.05) is 10.8 Å². The SMILES string of the molecule is CCOC(=O)CCCC(C)(C)CCI. The minimum absolute atomic E-state index is 0.0576. The summed E-state index contributed by atoms with van der Waals surface area (Å²) in [7, 11) is 0. The van der Waals surface area contributed by atoms with Crippen LogP contribution in [0.4, 0.5) is 0 Å². The minimum Gasteiger partial charge on any atom is -0.466 e. The fraction of sp³-hybridized carbons (Fsp3) is 0.909. The van der Waals surface area contributed by atoms with Gasteiger partial charge in [0.2, 0.25) is 0 Å². The molecule has 0 N–H and O–H groups in total. The molecule has 0 rings (SSSR count). The average Bonchev–Trinajstić information content (AvgIpc) is 2.03. The molecule has 0 atom stereocenters. The maximum absolute atomic E-state index is 11.1. The van der Waals surface area contributed by atoms with E-state index in [0.717, 1.165) is 12.8 Å². The summed E-state index contributed by atoms with van der Waals surface area (Å²) in [6.07, 6.45) is 3.84. The second kappa shape index (κ2) is 7.49. The van der Waals surface area contributed by atoms with Crippen LogP contribution in [0.2, 0.25) is 0 Å². The third kappa shape index (κ3) is 7.59. The highest BCUT2D eigenvalue weighted by Crippen LogP contribution is 2.28. The van der Waals surface area contributed by atoms with Gasteiger partial charge in [-0.3, -0.25) is 4.79 Å². The van der Waals surface area contributed by atoms with E-state index in [1.54, 1.807) is 0 Å². The summed E-state index contributed by atoms with van der Waals surface area (Å²) in [5.41, 5.74) is 0.369. The van der Waals surface area contributed by atoms with E-state index in [9.17, 15) is 4.79 Å². The lowest BCUT2D eigenvalue weighted by Crippen LogP contribution is -2.13. The molecule has 3 heteroatoms. The maximum Gasteiger partial charge on any atom is 0.305 e. The number of hydrogen-bond acceptors (Lipinski definition) is 2. The predicted molar refractivity (Wildman–Crippen MR) is 67.8 cm³/mol. The quantitative estimate of drug-likeness (QED) is 0.408. The topological polar surface area (TPSA) is 26.3 Å². The molecule has 0 aromatic carbocycles. The number of esters is 1. The van der Waals surface area contributed by atoms with Crippen molar-refractivity contribution in [2.45, 2.75) is 46.5 Å². The van der Waals surface area contributed by atoms with E-state index in [-0.39, 0.29) is 5.97 Å². The van der Waals surface area contributed by atoms with Gasteiger partial charge in [-0.15, -0.1) is 0 Å². The van der Waals surface area contributed by atoms with E-state index in [0.29, 0.717) is 18.4 Å². The Labute approximate surface area is 101 Å². The Balaban J connectivity index is 3.57. The summed E-state index contributed by atoms with van der Waals surface area (Å²) in [4.78, 5) is 11.1. The molecule has 0 spiro atoms. The van der Waals surface area contributed by atoms with Crippen molar-refractivity contribution in [2.75, 3.05) is 11.0 Å². The molecule has 0 radical (unpaired) electrons. The molecule has 0 saturated carbocycles. The lowest BCUT2D eigenvalue weighted by molar-refractivity contribution is -0.143. The van der Waals surface area contributed by atoms with Gasteiger partial charge in [0.25, 0.3) is 0 Å². The van der Waals surface area contributed by atoms with E-state index in [4.69, 9.17) is 4.74 Å². The highest BCUT2D eigenvalue weighted by atomic mass is 127. The fourth-order valence-electron chi connectivity index (χ4n) is 1.33. The maximum atomic E-state index is 11.1. The second-order valence-electron chi connectivity index (χ2n) is 4.26. The Morgan fingerprint density at radius 3 is 2.50 bits per heavy atom. The van der Waals surface area contributed by atoms with Crippen molar-refractivity contribution in [1.82, 2.24) is 0 Å². The lowest BCUT2D eigenvalue weighted by Gasteiger charge is -2.23. The van der Waals surface area contributed by atoms with Crippen LogP contribution >= 0.6 is 22.6 Å². The Morgan fingerprint density at radius 2 is 2.00 bits per heavy atom. The van der Waals surface area contributed by atoms with Crippen molar-refractivity contribution in [3.05, 3.63) is 0 Å². The Hall–Kier alpha value is 0.200. The lowest BCUT2D eigenvalue weighted by atomic mass is 9.85. The van der Waals surface area contributed by atoms with Crippen LogP contribution in [-0.4, -0.2) is 17.0 Å². The number of hydrogen-bond donors (Lipinski definition) is 0. The Bertz CT molecular complexity index is 167. The highest BCUT2D eigenvalue weighted by Gasteiger charge is 2.16. The summed E-state index contributed by atoms with van der Waals surface area (Å²) in [6.45, 7) is 6.86. The van der Waals surface area contributed by atoms with Crippen molar-refractivity contribution in [3.8, 4) is 0 Å². The number of rotatable bonds is 7. The van der Waals surface area contributed by atoms with Crippen molar-refractivity contribution in [2.24, 2.45) is 5.41 Å². The molecule has 84 valence electrons. The molecule has 14 heavy (non-hydrogen) atoms. The molecule has 0 aliphatic carbocycles. The first-order valence-corrected chi connectivity index (χ1v) is 6.76. The molecule has 0 fully saturated rings. The number of ether oxygens (including phenoxy) is 1. The largest absolute Gasteiger partial charge is 0.466 e. The van der Waals surface area contributed by atoms with Gasteiger partial charge in [0.1, 0.15) is 0 Å². The van der Waals surface area contributed by atoms with Crippen LogP contribution in [0.3, 0.4) is 0 Å². The van der Waals surface area contributed by atoms with Crippen LogP contribution in [0.5, 0.6) is 0 Å². The number of alkyl halides is 1. The summed E-state index contributed by atoms with van der Waals surface area (Å²) in [6, 6.07) is 0. The molecule has 2 nitrogen and oxygen atoms in total. The van der Waals surface area contributed by atoms with E-state index in [1.807, 2.05) is 6.92 Å². The molecule has 0 bridgehead atoms. The number of carbonyl (C=O) groups is 1. The van der Waals surface area contributed by atoms with Crippen molar-refractivity contribution < 1.29 is 9.53 Å². The van der Waals surface area contributed by atoms with Crippen LogP contribution in [-0.2, 0) is 9.53 Å². The van der Waals surface area contributed by atoms with Crippen LogP contribution in [0.1, 0.15) is 46.5 Å². The van der Waals surface area contributed by atoms with Gasteiger partial charge in [0.05, 0.1) is 6.61 Å². The third-order valence-corrected chi connectivity index (χ3v) is 2.85. The van der Waals surface area contributed by atoms with E-state index < -0.39 is 0 Å². The van der Waals surface area contributed by atoms with Gasteiger partial charge in [0.15, 0.2) is 0 Å². The minimum atomic E-state index is -0.0576. The Morgan fingerprint density at radius 1 is 1.36 bits per heavy atom. The smallest absolute Gasteiger partial charge is 0.305 e. The van der Waals surface area contributed by atoms with Gasteiger partial charge in [-0.25, -0.2) is 0 Å². The monoisotopic (exact) mass is 312 g/mol. The third-order valence-electron chi connectivity index (χ3n) is 2.31. The molecule has 0 aromatic heterocycles. The number of carbonyl (C=O) groups excluding carboxylic acids is 1.